The molecule has 0 radical (unpaired) electrons. The van der Waals surface area contributed by atoms with Crippen LogP contribution in [0.1, 0.15) is 0 Å². The van der Waals surface area contributed by atoms with Crippen molar-refractivity contribution in [3.63, 3.8) is 0 Å². The molecule has 2 N–H and O–H groups in total. The number of carbonyl (C=O) groups excluding carboxylic acids is 1. The van der Waals surface area contributed by atoms with Crippen molar-refractivity contribution in [2.75, 3.05) is 58.8 Å². The Morgan fingerprint density at radius 1 is 1.17 bits per heavy atom. The first kappa shape index (κ1) is 15.9. The summed E-state index contributed by atoms with van der Waals surface area (Å²) in [5.74, 6) is 1.23. The zero-order valence-corrected chi connectivity index (χ0v) is 13.7. The van der Waals surface area contributed by atoms with E-state index in [4.69, 9.17) is 9.47 Å². The van der Waals surface area contributed by atoms with Crippen molar-refractivity contribution >= 4 is 11.7 Å². The minimum absolute atomic E-state index is 0.199. The van der Waals surface area contributed by atoms with Gasteiger partial charge < -0.3 is 20.1 Å². The lowest BCUT2D eigenvalue weighted by molar-refractivity contribution is 0.0149. The molecule has 1 aromatic rings. The van der Waals surface area contributed by atoms with Gasteiger partial charge in [-0.2, -0.15) is 0 Å². The second-order valence-electron chi connectivity index (χ2n) is 5.90. The molecule has 4 rings (SSSR count). The maximum absolute atomic E-state index is 12.1. The fourth-order valence-corrected chi connectivity index (χ4v) is 3.22. The molecule has 2 amide bonds. The van der Waals surface area contributed by atoms with Crippen LogP contribution in [0.3, 0.4) is 0 Å². The lowest BCUT2D eigenvalue weighted by Gasteiger charge is -2.47. The number of amides is 2. The highest BCUT2D eigenvalue weighted by Gasteiger charge is 2.31. The average molecular weight is 320 g/mol. The van der Waals surface area contributed by atoms with Crippen LogP contribution in [0, 0.1) is 0 Å². The van der Waals surface area contributed by atoms with Crippen LogP contribution in [-0.4, -0.2) is 75.4 Å². The third kappa shape index (κ3) is 3.68. The van der Waals surface area contributed by atoms with Gasteiger partial charge >= 0.3 is 6.03 Å². The summed E-state index contributed by atoms with van der Waals surface area (Å²) in [7, 11) is 3.16. The fraction of sp³-hybridized carbons (Fsp3) is 0.562. The second-order valence-corrected chi connectivity index (χ2v) is 5.90. The van der Waals surface area contributed by atoms with E-state index in [1.54, 1.807) is 32.4 Å². The molecule has 3 heterocycles. The summed E-state index contributed by atoms with van der Waals surface area (Å²) in [6, 6.07) is 5.52. The van der Waals surface area contributed by atoms with E-state index in [1.165, 1.54) is 0 Å². The monoisotopic (exact) mass is 320 g/mol. The molecule has 1 unspecified atom stereocenters. The molecule has 7 heteroatoms. The highest BCUT2D eigenvalue weighted by Crippen LogP contribution is 2.29. The van der Waals surface area contributed by atoms with Gasteiger partial charge in [0.15, 0.2) is 11.5 Å². The lowest BCUT2D eigenvalue weighted by Crippen LogP contribution is -2.63. The van der Waals surface area contributed by atoms with Crippen LogP contribution in [0.4, 0.5) is 10.5 Å². The Bertz CT molecular complexity index is 558. The number of rotatable bonds is 5. The highest BCUT2D eigenvalue weighted by molar-refractivity contribution is 5.89. The Kier molecular flexibility index (Phi) is 4.88. The van der Waals surface area contributed by atoms with E-state index >= 15 is 0 Å². The van der Waals surface area contributed by atoms with E-state index in [0.29, 0.717) is 29.8 Å². The molecule has 3 aliphatic rings. The van der Waals surface area contributed by atoms with Gasteiger partial charge in [-0.05, 0) is 12.1 Å². The van der Waals surface area contributed by atoms with Gasteiger partial charge in [0.1, 0.15) is 0 Å². The molecular formula is C16H24N4O3. The van der Waals surface area contributed by atoms with Crippen molar-refractivity contribution in [2.24, 2.45) is 0 Å². The zero-order valence-electron chi connectivity index (χ0n) is 13.7. The molecule has 126 valence electrons. The first-order valence-electron chi connectivity index (χ1n) is 7.93. The number of hydrogen-bond donors (Lipinski definition) is 2. The molecule has 3 fully saturated rings. The van der Waals surface area contributed by atoms with Gasteiger partial charge in [-0.25, -0.2) is 4.79 Å². The quantitative estimate of drug-likeness (QED) is 0.841. The number of carbonyl (C=O) groups is 1. The summed E-state index contributed by atoms with van der Waals surface area (Å²) in [6.07, 6.45) is 0. The summed E-state index contributed by atoms with van der Waals surface area (Å²) in [5, 5.41) is 5.80. The van der Waals surface area contributed by atoms with E-state index in [9.17, 15) is 4.79 Å². The number of hydrogen-bond acceptors (Lipinski definition) is 5. The highest BCUT2D eigenvalue weighted by atomic mass is 16.5. The number of fused-ring (bicyclic) bond motifs is 3. The zero-order chi connectivity index (χ0) is 16.2. The molecule has 3 aliphatic heterocycles. The van der Waals surface area contributed by atoms with E-state index < -0.39 is 0 Å². The molecule has 7 nitrogen and oxygen atoms in total. The second kappa shape index (κ2) is 7.06. The Morgan fingerprint density at radius 3 is 2.52 bits per heavy atom. The maximum Gasteiger partial charge on any atom is 0.319 e. The van der Waals surface area contributed by atoms with Crippen molar-refractivity contribution < 1.29 is 14.3 Å². The van der Waals surface area contributed by atoms with Crippen LogP contribution in [0.15, 0.2) is 18.2 Å². The van der Waals surface area contributed by atoms with Gasteiger partial charge in [0.25, 0.3) is 0 Å². The largest absolute Gasteiger partial charge is 0.493 e. The van der Waals surface area contributed by atoms with E-state index in [1.807, 2.05) is 0 Å². The Morgan fingerprint density at radius 2 is 1.91 bits per heavy atom. The molecule has 0 spiro atoms. The smallest absolute Gasteiger partial charge is 0.319 e. The minimum Gasteiger partial charge on any atom is -0.493 e. The third-order valence-corrected chi connectivity index (χ3v) is 4.53. The number of methoxy groups -OCH3 is 2. The molecule has 0 aliphatic carbocycles. The molecule has 2 bridgehead atoms. The summed E-state index contributed by atoms with van der Waals surface area (Å²) in [4.78, 5) is 17.0. The third-order valence-electron chi connectivity index (χ3n) is 4.53. The van der Waals surface area contributed by atoms with Gasteiger partial charge in [-0.3, -0.25) is 9.80 Å². The maximum atomic E-state index is 12.1. The molecule has 1 aromatic carbocycles. The predicted octanol–water partition coefficient (Wildman–Crippen LogP) is 0.825. The van der Waals surface area contributed by atoms with E-state index in [2.05, 4.69) is 20.4 Å². The molecule has 23 heavy (non-hydrogen) atoms. The Labute approximate surface area is 136 Å². The summed E-state index contributed by atoms with van der Waals surface area (Å²) in [5.41, 5.74) is 0.675. The minimum atomic E-state index is -0.199. The van der Waals surface area contributed by atoms with Crippen LogP contribution in [-0.2, 0) is 0 Å². The normalized spacial score (nSPS) is 25.7. The summed E-state index contributed by atoms with van der Waals surface area (Å²) >= 11 is 0. The van der Waals surface area contributed by atoms with Crippen molar-refractivity contribution in [3.8, 4) is 11.5 Å². The number of anilines is 1. The van der Waals surface area contributed by atoms with E-state index in [0.717, 1.165) is 32.7 Å². The van der Waals surface area contributed by atoms with Crippen LogP contribution in [0.2, 0.25) is 0 Å². The van der Waals surface area contributed by atoms with Crippen LogP contribution < -0.4 is 20.1 Å². The van der Waals surface area contributed by atoms with Gasteiger partial charge in [0.05, 0.1) is 14.2 Å². The fourth-order valence-electron chi connectivity index (χ4n) is 3.22. The van der Waals surface area contributed by atoms with Gasteiger partial charge in [-0.1, -0.05) is 0 Å². The number of ether oxygens (including phenoxy) is 2. The Balaban J connectivity index is 1.51. The SMILES string of the molecule is COc1ccc(NC(=O)NCC2CN3CCN2CC3)cc1OC. The molecule has 1 atom stereocenters. The van der Waals surface area contributed by atoms with Crippen molar-refractivity contribution in [1.29, 1.82) is 0 Å². The van der Waals surface area contributed by atoms with E-state index in [-0.39, 0.29) is 6.03 Å². The van der Waals surface area contributed by atoms with Crippen LogP contribution >= 0.6 is 0 Å². The topological polar surface area (TPSA) is 66.1 Å². The number of piperazine rings is 3. The van der Waals surface area contributed by atoms with Crippen molar-refractivity contribution in [1.82, 2.24) is 15.1 Å². The van der Waals surface area contributed by atoms with Crippen molar-refractivity contribution in [3.05, 3.63) is 18.2 Å². The standard InChI is InChI=1S/C16H24N4O3/c1-22-14-4-3-12(9-15(14)23-2)18-16(21)17-10-13-11-19-5-7-20(13)8-6-19/h3-4,9,13H,5-8,10-11H2,1-2H3,(H2,17,18,21). The average Bonchev–Trinajstić information content (AvgIpc) is 2.61. The summed E-state index contributed by atoms with van der Waals surface area (Å²) in [6.45, 7) is 6.20. The number of urea groups is 1. The first-order valence-corrected chi connectivity index (χ1v) is 7.93. The first-order chi connectivity index (χ1) is 11.2. The molecule has 3 saturated heterocycles. The number of nitrogens with zero attached hydrogens (tertiary/aromatic N) is 2. The van der Waals surface area contributed by atoms with Gasteiger partial charge in [0.2, 0.25) is 0 Å². The Hall–Kier alpha value is -1.99. The molecule has 0 aromatic heterocycles. The van der Waals surface area contributed by atoms with Crippen LogP contribution in [0.5, 0.6) is 11.5 Å². The lowest BCUT2D eigenvalue weighted by atomic mass is 10.1. The number of nitrogens with one attached hydrogen (secondary N) is 2. The van der Waals surface area contributed by atoms with Crippen molar-refractivity contribution in [2.45, 2.75) is 6.04 Å². The summed E-state index contributed by atoms with van der Waals surface area (Å²) < 4.78 is 10.4. The molecule has 0 saturated carbocycles. The number of benzene rings is 1. The van der Waals surface area contributed by atoms with Crippen LogP contribution in [0.25, 0.3) is 0 Å². The van der Waals surface area contributed by atoms with Gasteiger partial charge in [-0.15, -0.1) is 0 Å². The molecular weight excluding hydrogens is 296 g/mol. The predicted molar refractivity (Wildman–Crippen MR) is 88.4 cm³/mol. The van der Waals surface area contributed by atoms with Gasteiger partial charge in [0, 0.05) is 57.1 Å².